The Hall–Kier alpha value is -0.780. The summed E-state index contributed by atoms with van der Waals surface area (Å²) in [6.07, 6.45) is -3.83. The molecule has 1 aliphatic heterocycles. The molecule has 2 N–H and O–H groups in total. The van der Waals surface area contributed by atoms with Crippen molar-refractivity contribution in [1.29, 1.82) is 0 Å². The highest BCUT2D eigenvalue weighted by Crippen LogP contribution is 2.37. The van der Waals surface area contributed by atoms with Crippen LogP contribution in [-0.4, -0.2) is 30.2 Å². The summed E-state index contributed by atoms with van der Waals surface area (Å²) in [5.41, 5.74) is 7.02. The van der Waals surface area contributed by atoms with E-state index in [-0.39, 0.29) is 24.9 Å². The van der Waals surface area contributed by atoms with E-state index in [2.05, 4.69) is 0 Å². The Kier molecular flexibility index (Phi) is 5.17. The molecule has 1 aromatic rings. The molecular weight excluding hydrogens is 301 g/mol. The second-order valence-corrected chi connectivity index (χ2v) is 6.15. The predicted molar refractivity (Wildman–Crippen MR) is 78.2 cm³/mol. The van der Waals surface area contributed by atoms with Crippen LogP contribution < -0.4 is 5.73 Å². The summed E-state index contributed by atoms with van der Waals surface area (Å²) in [5, 5.41) is 0.614. The van der Waals surface area contributed by atoms with Crippen molar-refractivity contribution in [2.45, 2.75) is 38.0 Å². The van der Waals surface area contributed by atoms with Crippen LogP contribution in [0.3, 0.4) is 0 Å². The molecule has 2 atom stereocenters. The van der Waals surface area contributed by atoms with Crippen molar-refractivity contribution in [3.63, 3.8) is 0 Å². The molecule has 0 amide bonds. The Morgan fingerprint density at radius 1 is 1.29 bits per heavy atom. The van der Waals surface area contributed by atoms with E-state index in [0.717, 1.165) is 5.56 Å². The van der Waals surface area contributed by atoms with Gasteiger partial charge in [-0.3, -0.25) is 4.90 Å². The number of hydrogen-bond donors (Lipinski definition) is 1. The lowest BCUT2D eigenvalue weighted by Gasteiger charge is -2.40. The number of nitrogens with two attached hydrogens (primary N) is 1. The maximum atomic E-state index is 12.7. The van der Waals surface area contributed by atoms with Gasteiger partial charge in [0.25, 0.3) is 0 Å². The molecule has 2 rings (SSSR count). The van der Waals surface area contributed by atoms with Crippen molar-refractivity contribution in [3.8, 4) is 0 Å². The predicted octanol–water partition coefficient (Wildman–Crippen LogP) is 4.00. The first-order valence-corrected chi connectivity index (χ1v) is 7.48. The molecule has 1 saturated heterocycles. The number of hydrogen-bond acceptors (Lipinski definition) is 2. The lowest BCUT2D eigenvalue weighted by molar-refractivity contribution is -0.186. The molecule has 1 aromatic carbocycles. The summed E-state index contributed by atoms with van der Waals surface area (Å²) in [6.45, 7) is 2.69. The summed E-state index contributed by atoms with van der Waals surface area (Å²) in [6, 6.07) is 7.11. The molecule has 0 spiro atoms. The van der Waals surface area contributed by atoms with E-state index in [9.17, 15) is 13.2 Å². The third-order valence-corrected chi connectivity index (χ3v) is 4.31. The smallest absolute Gasteiger partial charge is 0.326 e. The van der Waals surface area contributed by atoms with Crippen LogP contribution in [0.15, 0.2) is 24.3 Å². The normalized spacial score (nSPS) is 21.2. The maximum absolute atomic E-state index is 12.7. The molecule has 118 valence electrons. The minimum absolute atomic E-state index is 0.0992. The molecule has 1 fully saturated rings. The first-order valence-electron chi connectivity index (χ1n) is 7.11. The zero-order chi connectivity index (χ0) is 15.6. The van der Waals surface area contributed by atoms with Crippen LogP contribution in [0.25, 0.3) is 0 Å². The summed E-state index contributed by atoms with van der Waals surface area (Å²) >= 11 is 6.01. The van der Waals surface area contributed by atoms with Crippen molar-refractivity contribution in [2.75, 3.05) is 13.1 Å². The topological polar surface area (TPSA) is 29.3 Å². The van der Waals surface area contributed by atoms with Crippen molar-refractivity contribution in [1.82, 2.24) is 4.90 Å². The van der Waals surface area contributed by atoms with Crippen LogP contribution in [0, 0.1) is 5.92 Å². The van der Waals surface area contributed by atoms with Gasteiger partial charge in [0, 0.05) is 17.1 Å². The zero-order valence-electron chi connectivity index (χ0n) is 11.9. The fourth-order valence-corrected chi connectivity index (χ4v) is 3.24. The lowest BCUT2D eigenvalue weighted by Crippen LogP contribution is -2.45. The highest BCUT2D eigenvalue weighted by Gasteiger charge is 2.42. The van der Waals surface area contributed by atoms with Crippen molar-refractivity contribution < 1.29 is 13.2 Å². The Morgan fingerprint density at radius 3 is 2.38 bits per heavy atom. The molecule has 6 heteroatoms. The number of piperidine rings is 1. The summed E-state index contributed by atoms with van der Waals surface area (Å²) in [7, 11) is 0. The number of halogens is 4. The number of likely N-dealkylation sites (tertiary alicyclic amines) is 1. The van der Waals surface area contributed by atoms with Gasteiger partial charge in [0.05, 0.1) is 5.92 Å². The lowest BCUT2D eigenvalue weighted by atomic mass is 9.91. The van der Waals surface area contributed by atoms with E-state index in [0.29, 0.717) is 18.1 Å². The minimum Gasteiger partial charge on any atom is -0.326 e. The first-order chi connectivity index (χ1) is 9.79. The Morgan fingerprint density at radius 2 is 1.90 bits per heavy atom. The number of nitrogens with zero attached hydrogens (tertiary/aromatic N) is 1. The fraction of sp³-hybridized carbons (Fsp3) is 0.600. The molecule has 1 aliphatic rings. The van der Waals surface area contributed by atoms with Crippen molar-refractivity contribution in [3.05, 3.63) is 34.9 Å². The van der Waals surface area contributed by atoms with Gasteiger partial charge in [-0.2, -0.15) is 13.2 Å². The SMILES string of the molecule is CC(N)C(c1cccc(Cl)c1)N1CCC(C(F)(F)F)CC1. The number of rotatable bonds is 3. The van der Waals surface area contributed by atoms with Crippen molar-refractivity contribution >= 4 is 11.6 Å². The standard InChI is InChI=1S/C15H20ClF3N2/c1-10(20)14(11-3-2-4-13(16)9-11)21-7-5-12(6-8-21)15(17,18)19/h2-4,9-10,12,14H,5-8,20H2,1H3. The van der Waals surface area contributed by atoms with Gasteiger partial charge in [0.1, 0.15) is 0 Å². The summed E-state index contributed by atoms with van der Waals surface area (Å²) < 4.78 is 38.2. The van der Waals surface area contributed by atoms with E-state index in [4.69, 9.17) is 17.3 Å². The summed E-state index contributed by atoms with van der Waals surface area (Å²) in [4.78, 5) is 2.04. The number of alkyl halides is 3. The quantitative estimate of drug-likeness (QED) is 0.912. The van der Waals surface area contributed by atoms with E-state index in [1.165, 1.54) is 0 Å². The molecule has 0 saturated carbocycles. The average molecular weight is 321 g/mol. The highest BCUT2D eigenvalue weighted by atomic mass is 35.5. The van der Waals surface area contributed by atoms with Gasteiger partial charge in [-0.25, -0.2) is 0 Å². The van der Waals surface area contributed by atoms with Crippen LogP contribution >= 0.6 is 11.6 Å². The molecule has 21 heavy (non-hydrogen) atoms. The van der Waals surface area contributed by atoms with Gasteiger partial charge in [0.2, 0.25) is 0 Å². The van der Waals surface area contributed by atoms with E-state index in [1.54, 1.807) is 6.07 Å². The van der Waals surface area contributed by atoms with Gasteiger partial charge in [-0.05, 0) is 50.6 Å². The molecule has 2 unspecified atom stereocenters. The van der Waals surface area contributed by atoms with Gasteiger partial charge >= 0.3 is 6.18 Å². The Labute approximate surface area is 128 Å². The second kappa shape index (κ2) is 6.55. The average Bonchev–Trinajstić information content (AvgIpc) is 2.38. The van der Waals surface area contributed by atoms with Gasteiger partial charge in [-0.1, -0.05) is 23.7 Å². The van der Waals surface area contributed by atoms with Crippen molar-refractivity contribution in [2.24, 2.45) is 11.7 Å². The Balaban J connectivity index is 2.11. The molecule has 1 heterocycles. The monoisotopic (exact) mass is 320 g/mol. The molecule has 0 aromatic heterocycles. The highest BCUT2D eigenvalue weighted by molar-refractivity contribution is 6.30. The minimum atomic E-state index is -4.09. The van der Waals surface area contributed by atoms with Crippen LogP contribution in [0.5, 0.6) is 0 Å². The van der Waals surface area contributed by atoms with E-state index in [1.807, 2.05) is 30.0 Å². The number of benzene rings is 1. The molecule has 0 radical (unpaired) electrons. The molecule has 0 bridgehead atoms. The van der Waals surface area contributed by atoms with Gasteiger partial charge < -0.3 is 5.73 Å². The van der Waals surface area contributed by atoms with Crippen LogP contribution in [0.2, 0.25) is 5.02 Å². The molecule has 0 aliphatic carbocycles. The Bertz CT molecular complexity index is 468. The van der Waals surface area contributed by atoms with Crippen LogP contribution in [0.1, 0.15) is 31.4 Å². The first kappa shape index (κ1) is 16.6. The fourth-order valence-electron chi connectivity index (χ4n) is 3.04. The third-order valence-electron chi connectivity index (χ3n) is 4.07. The van der Waals surface area contributed by atoms with Crippen LogP contribution in [-0.2, 0) is 0 Å². The van der Waals surface area contributed by atoms with Gasteiger partial charge in [-0.15, -0.1) is 0 Å². The van der Waals surface area contributed by atoms with E-state index < -0.39 is 12.1 Å². The third kappa shape index (κ3) is 4.11. The summed E-state index contributed by atoms with van der Waals surface area (Å²) in [5.74, 6) is -1.19. The van der Waals surface area contributed by atoms with E-state index >= 15 is 0 Å². The van der Waals surface area contributed by atoms with Gasteiger partial charge in [0.15, 0.2) is 0 Å². The molecular formula is C15H20ClF3N2. The molecule has 2 nitrogen and oxygen atoms in total. The largest absolute Gasteiger partial charge is 0.391 e. The zero-order valence-corrected chi connectivity index (χ0v) is 12.7. The maximum Gasteiger partial charge on any atom is 0.391 e. The van der Waals surface area contributed by atoms with Crippen LogP contribution in [0.4, 0.5) is 13.2 Å². The second-order valence-electron chi connectivity index (χ2n) is 5.71.